The van der Waals surface area contributed by atoms with Crippen LogP contribution < -0.4 is 4.90 Å². The molecule has 1 N–H and O–H groups in total. The van der Waals surface area contributed by atoms with Gasteiger partial charge in [0.25, 0.3) is 0 Å². The maximum absolute atomic E-state index is 12.4. The lowest BCUT2D eigenvalue weighted by Gasteiger charge is -2.28. The molecular weight excluding hydrogens is 289 g/mol. The van der Waals surface area contributed by atoms with Crippen molar-refractivity contribution in [2.24, 2.45) is 0 Å². The summed E-state index contributed by atoms with van der Waals surface area (Å²) in [5.74, 6) is -1.26. The molecule has 8 heteroatoms. The first kappa shape index (κ1) is 16.8. The van der Waals surface area contributed by atoms with E-state index in [0.717, 1.165) is 4.90 Å². The number of halogens is 3. The number of rotatable bonds is 4. The second-order valence-corrected chi connectivity index (χ2v) is 4.29. The highest BCUT2D eigenvalue weighted by molar-refractivity contribution is 6.01. The summed E-state index contributed by atoms with van der Waals surface area (Å²) in [6.07, 6.45) is -4.52. The summed E-state index contributed by atoms with van der Waals surface area (Å²) in [4.78, 5) is 24.7. The molecule has 1 aromatic carbocycles. The van der Waals surface area contributed by atoms with Gasteiger partial charge in [-0.2, -0.15) is 13.2 Å². The van der Waals surface area contributed by atoms with Crippen LogP contribution >= 0.6 is 0 Å². The Bertz CT molecular complexity index is 532. The van der Waals surface area contributed by atoms with E-state index in [-0.39, 0.29) is 17.8 Å². The normalized spacial score (nSPS) is 11.1. The quantitative estimate of drug-likeness (QED) is 0.930. The lowest BCUT2D eigenvalue weighted by Crippen LogP contribution is -2.45. The SMILES string of the molecule is CCN(CC(F)(F)F)C(=O)N(C)c1ccccc1C(=O)O. The third-order valence-electron chi connectivity index (χ3n) is 2.81. The molecule has 0 spiro atoms. The molecule has 0 atom stereocenters. The van der Waals surface area contributed by atoms with Crippen molar-refractivity contribution in [1.82, 2.24) is 4.90 Å². The Kier molecular flexibility index (Phi) is 5.17. The summed E-state index contributed by atoms with van der Waals surface area (Å²) in [5, 5.41) is 9.05. The van der Waals surface area contributed by atoms with Crippen LogP contribution in [-0.4, -0.2) is 48.3 Å². The third kappa shape index (κ3) is 4.37. The van der Waals surface area contributed by atoms with Gasteiger partial charge >= 0.3 is 18.2 Å². The zero-order chi connectivity index (χ0) is 16.2. The van der Waals surface area contributed by atoms with Crippen LogP contribution in [0.15, 0.2) is 24.3 Å². The molecule has 0 aliphatic rings. The average Bonchev–Trinajstić information content (AvgIpc) is 2.42. The van der Waals surface area contributed by atoms with Gasteiger partial charge in [-0.3, -0.25) is 4.90 Å². The number of carbonyl (C=O) groups is 2. The number of carbonyl (C=O) groups excluding carboxylic acids is 1. The molecule has 0 aliphatic carbocycles. The predicted molar refractivity (Wildman–Crippen MR) is 70.5 cm³/mol. The van der Waals surface area contributed by atoms with E-state index >= 15 is 0 Å². The topological polar surface area (TPSA) is 60.9 Å². The minimum atomic E-state index is -4.52. The van der Waals surface area contributed by atoms with Gasteiger partial charge in [0.1, 0.15) is 6.54 Å². The lowest BCUT2D eigenvalue weighted by atomic mass is 10.1. The van der Waals surface area contributed by atoms with Crippen LogP contribution in [0.5, 0.6) is 0 Å². The van der Waals surface area contributed by atoms with E-state index in [4.69, 9.17) is 5.11 Å². The summed E-state index contributed by atoms with van der Waals surface area (Å²) in [6, 6.07) is 4.71. The number of benzene rings is 1. The molecule has 0 fully saturated rings. The second-order valence-electron chi connectivity index (χ2n) is 4.29. The van der Waals surface area contributed by atoms with Gasteiger partial charge in [0, 0.05) is 13.6 Å². The van der Waals surface area contributed by atoms with Gasteiger partial charge in [-0.05, 0) is 19.1 Å². The fraction of sp³-hybridized carbons (Fsp3) is 0.385. The zero-order valence-electron chi connectivity index (χ0n) is 11.5. The molecule has 0 bridgehead atoms. The predicted octanol–water partition coefficient (Wildman–Crippen LogP) is 2.83. The average molecular weight is 304 g/mol. The van der Waals surface area contributed by atoms with E-state index in [1.165, 1.54) is 38.2 Å². The highest BCUT2D eigenvalue weighted by atomic mass is 19.4. The maximum Gasteiger partial charge on any atom is 0.406 e. The monoisotopic (exact) mass is 304 g/mol. The summed E-state index contributed by atoms with van der Waals surface area (Å²) >= 11 is 0. The van der Waals surface area contributed by atoms with Gasteiger partial charge in [-0.25, -0.2) is 9.59 Å². The molecule has 0 heterocycles. The van der Waals surface area contributed by atoms with E-state index < -0.39 is 24.7 Å². The van der Waals surface area contributed by atoms with E-state index in [2.05, 4.69) is 0 Å². The van der Waals surface area contributed by atoms with Crippen LogP contribution in [0.3, 0.4) is 0 Å². The fourth-order valence-electron chi connectivity index (χ4n) is 1.79. The number of amides is 2. The highest BCUT2D eigenvalue weighted by Crippen LogP contribution is 2.22. The molecule has 21 heavy (non-hydrogen) atoms. The second kappa shape index (κ2) is 6.47. The Morgan fingerprint density at radius 2 is 1.81 bits per heavy atom. The van der Waals surface area contributed by atoms with Crippen LogP contribution in [0.25, 0.3) is 0 Å². The first-order valence-corrected chi connectivity index (χ1v) is 6.09. The van der Waals surface area contributed by atoms with Gasteiger partial charge in [-0.1, -0.05) is 12.1 Å². The minimum Gasteiger partial charge on any atom is -0.478 e. The molecule has 2 amide bonds. The number of nitrogens with zero attached hydrogens (tertiary/aromatic N) is 2. The molecule has 0 unspecified atom stereocenters. The smallest absolute Gasteiger partial charge is 0.406 e. The van der Waals surface area contributed by atoms with Gasteiger partial charge in [0.15, 0.2) is 0 Å². The number of hydrogen-bond acceptors (Lipinski definition) is 2. The first-order valence-electron chi connectivity index (χ1n) is 6.09. The zero-order valence-corrected chi connectivity index (χ0v) is 11.5. The van der Waals surface area contributed by atoms with Crippen molar-refractivity contribution in [2.45, 2.75) is 13.1 Å². The molecule has 0 aromatic heterocycles. The molecule has 1 rings (SSSR count). The third-order valence-corrected chi connectivity index (χ3v) is 2.81. The van der Waals surface area contributed by atoms with Crippen molar-refractivity contribution in [1.29, 1.82) is 0 Å². The number of aromatic carboxylic acids is 1. The Hall–Kier alpha value is -2.25. The number of carboxylic acids is 1. The van der Waals surface area contributed by atoms with Crippen LogP contribution in [0.2, 0.25) is 0 Å². The van der Waals surface area contributed by atoms with Crippen molar-refractivity contribution in [3.8, 4) is 0 Å². The van der Waals surface area contributed by atoms with E-state index in [1.54, 1.807) is 0 Å². The number of hydrogen-bond donors (Lipinski definition) is 1. The maximum atomic E-state index is 12.4. The van der Waals surface area contributed by atoms with Crippen LogP contribution in [0.4, 0.5) is 23.7 Å². The summed E-state index contributed by atoms with van der Waals surface area (Å²) in [7, 11) is 1.24. The number of alkyl halides is 3. The molecule has 1 aromatic rings. The van der Waals surface area contributed by atoms with E-state index in [0.29, 0.717) is 4.90 Å². The van der Waals surface area contributed by atoms with Gasteiger partial charge in [-0.15, -0.1) is 0 Å². The molecular formula is C13H15F3N2O3. The lowest BCUT2D eigenvalue weighted by molar-refractivity contribution is -0.139. The summed E-state index contributed by atoms with van der Waals surface area (Å²) < 4.78 is 37.3. The van der Waals surface area contributed by atoms with Gasteiger partial charge < -0.3 is 10.0 Å². The summed E-state index contributed by atoms with van der Waals surface area (Å²) in [5.41, 5.74) is -0.118. The number of anilines is 1. The van der Waals surface area contributed by atoms with Crippen molar-refractivity contribution < 1.29 is 27.9 Å². The molecule has 0 saturated carbocycles. The molecule has 116 valence electrons. The number of urea groups is 1. The van der Waals surface area contributed by atoms with Crippen LogP contribution in [0, 0.1) is 0 Å². The van der Waals surface area contributed by atoms with E-state index in [1.807, 2.05) is 0 Å². The van der Waals surface area contributed by atoms with Crippen molar-refractivity contribution >= 4 is 17.7 Å². The molecule has 5 nitrogen and oxygen atoms in total. The molecule has 0 radical (unpaired) electrons. The standard InChI is InChI=1S/C13H15F3N2O3/c1-3-18(8-13(14,15)16)12(21)17(2)10-7-5-4-6-9(10)11(19)20/h4-7H,3,8H2,1-2H3,(H,19,20). The van der Waals surface area contributed by atoms with E-state index in [9.17, 15) is 22.8 Å². The molecule has 0 saturated heterocycles. The number of para-hydroxylation sites is 1. The Morgan fingerprint density at radius 3 is 2.29 bits per heavy atom. The minimum absolute atomic E-state index is 0.0376. The highest BCUT2D eigenvalue weighted by Gasteiger charge is 2.34. The Labute approximate surface area is 119 Å². The Morgan fingerprint density at radius 1 is 1.24 bits per heavy atom. The van der Waals surface area contributed by atoms with Gasteiger partial charge in [0.05, 0.1) is 11.3 Å². The van der Waals surface area contributed by atoms with Gasteiger partial charge in [0.2, 0.25) is 0 Å². The fourth-order valence-corrected chi connectivity index (χ4v) is 1.79. The number of carboxylic acid groups (broad SMARTS) is 1. The van der Waals surface area contributed by atoms with Crippen molar-refractivity contribution in [3.63, 3.8) is 0 Å². The van der Waals surface area contributed by atoms with Crippen molar-refractivity contribution in [3.05, 3.63) is 29.8 Å². The Balaban J connectivity index is 3.04. The molecule has 0 aliphatic heterocycles. The van der Waals surface area contributed by atoms with Crippen LogP contribution in [-0.2, 0) is 0 Å². The first-order chi connectivity index (χ1) is 9.67. The van der Waals surface area contributed by atoms with Crippen molar-refractivity contribution in [2.75, 3.05) is 25.0 Å². The largest absolute Gasteiger partial charge is 0.478 e. The van der Waals surface area contributed by atoms with Crippen LogP contribution in [0.1, 0.15) is 17.3 Å². The summed E-state index contributed by atoms with van der Waals surface area (Å²) in [6.45, 7) is -0.111.